The van der Waals surface area contributed by atoms with Crippen LogP contribution in [0, 0.1) is 0 Å². The third-order valence-electron chi connectivity index (χ3n) is 2.37. The Morgan fingerprint density at radius 3 is 2.50 bits per heavy atom. The van der Waals surface area contributed by atoms with E-state index in [1.54, 1.807) is 0 Å². The lowest BCUT2D eigenvalue weighted by atomic mass is 10.2. The third kappa shape index (κ3) is 2.96. The van der Waals surface area contributed by atoms with E-state index in [-0.39, 0.29) is 23.5 Å². The first-order valence-electron chi connectivity index (χ1n) is 5.77. The van der Waals surface area contributed by atoms with E-state index in [0.29, 0.717) is 5.69 Å². The predicted octanol–water partition coefficient (Wildman–Crippen LogP) is 2.35. The summed E-state index contributed by atoms with van der Waals surface area (Å²) in [5.41, 5.74) is 1.98. The normalized spacial score (nSPS) is 10.9. The van der Waals surface area contributed by atoms with Crippen LogP contribution in [0.1, 0.15) is 19.5 Å². The molecule has 4 nitrogen and oxygen atoms in total. The van der Waals surface area contributed by atoms with Crippen LogP contribution in [0.4, 0.5) is 0 Å². The van der Waals surface area contributed by atoms with Crippen molar-refractivity contribution in [2.75, 3.05) is 0 Å². The van der Waals surface area contributed by atoms with Gasteiger partial charge in [-0.2, -0.15) is 0 Å². The molecule has 0 aliphatic rings. The Morgan fingerprint density at radius 2 is 1.89 bits per heavy atom. The highest BCUT2D eigenvalue weighted by atomic mass is 35.5. The molecule has 0 aliphatic heterocycles. The number of hydrogen-bond donors (Lipinski definition) is 1. The number of fused-ring (bicyclic) bond motifs is 1. The van der Waals surface area contributed by atoms with Gasteiger partial charge in [-0.05, 0) is 26.0 Å². The van der Waals surface area contributed by atoms with Crippen LogP contribution in [0.5, 0.6) is 0 Å². The molecule has 1 N–H and O–H groups in total. The molecule has 94 valence electrons. The summed E-state index contributed by atoms with van der Waals surface area (Å²) >= 11 is 6.03. The first kappa shape index (κ1) is 12.8. The van der Waals surface area contributed by atoms with Gasteiger partial charge in [-0.3, -0.25) is 4.79 Å². The third-order valence-corrected chi connectivity index (χ3v) is 2.67. The van der Waals surface area contributed by atoms with Gasteiger partial charge in [-0.15, -0.1) is 0 Å². The topological polar surface area (TPSA) is 54.9 Å². The minimum Gasteiger partial charge on any atom is -0.354 e. The molecule has 1 amide bonds. The highest BCUT2D eigenvalue weighted by Crippen LogP contribution is 2.17. The van der Waals surface area contributed by atoms with Gasteiger partial charge in [-0.25, -0.2) is 9.97 Å². The molecular formula is C13H14ClN3O. The van der Waals surface area contributed by atoms with Gasteiger partial charge in [0.15, 0.2) is 5.15 Å². The average Bonchev–Trinajstić information content (AvgIpc) is 2.29. The van der Waals surface area contributed by atoms with E-state index < -0.39 is 0 Å². The SMILES string of the molecule is CC(C)NC(=O)Cc1nc2ccccc2nc1Cl. The van der Waals surface area contributed by atoms with Crippen molar-refractivity contribution in [2.45, 2.75) is 26.3 Å². The molecule has 0 atom stereocenters. The van der Waals surface area contributed by atoms with Crippen LogP contribution in [-0.2, 0) is 11.2 Å². The van der Waals surface area contributed by atoms with Crippen molar-refractivity contribution in [2.24, 2.45) is 0 Å². The van der Waals surface area contributed by atoms with Crippen LogP contribution in [-0.4, -0.2) is 21.9 Å². The van der Waals surface area contributed by atoms with E-state index >= 15 is 0 Å². The summed E-state index contributed by atoms with van der Waals surface area (Å²) in [5, 5.41) is 3.09. The predicted molar refractivity (Wildman–Crippen MR) is 71.5 cm³/mol. The molecule has 1 aromatic carbocycles. The van der Waals surface area contributed by atoms with E-state index in [9.17, 15) is 4.79 Å². The van der Waals surface area contributed by atoms with Crippen LogP contribution < -0.4 is 5.32 Å². The molecule has 0 radical (unpaired) electrons. The molecule has 1 heterocycles. The lowest BCUT2D eigenvalue weighted by molar-refractivity contribution is -0.120. The second-order valence-electron chi connectivity index (χ2n) is 4.35. The van der Waals surface area contributed by atoms with Crippen LogP contribution in [0.2, 0.25) is 5.15 Å². The van der Waals surface area contributed by atoms with E-state index in [4.69, 9.17) is 11.6 Å². The number of nitrogens with zero attached hydrogens (tertiary/aromatic N) is 2. The minimum atomic E-state index is -0.100. The van der Waals surface area contributed by atoms with Gasteiger partial charge in [0.2, 0.25) is 5.91 Å². The fourth-order valence-corrected chi connectivity index (χ4v) is 1.85. The number of benzene rings is 1. The molecule has 2 rings (SSSR count). The quantitative estimate of drug-likeness (QED) is 0.925. The highest BCUT2D eigenvalue weighted by molar-refractivity contribution is 6.30. The van der Waals surface area contributed by atoms with Crippen molar-refractivity contribution >= 4 is 28.5 Å². The monoisotopic (exact) mass is 263 g/mol. The Hall–Kier alpha value is -1.68. The number of carbonyl (C=O) groups excluding carboxylic acids is 1. The molecule has 0 saturated heterocycles. The molecule has 1 aromatic heterocycles. The molecular weight excluding hydrogens is 250 g/mol. The molecule has 0 fully saturated rings. The Morgan fingerprint density at radius 1 is 1.28 bits per heavy atom. The standard InChI is InChI=1S/C13H14ClN3O/c1-8(2)15-12(18)7-11-13(14)17-10-6-4-3-5-9(10)16-11/h3-6,8H,7H2,1-2H3,(H,15,18). The van der Waals surface area contributed by atoms with Gasteiger partial charge in [0, 0.05) is 6.04 Å². The first-order valence-corrected chi connectivity index (χ1v) is 6.14. The number of amides is 1. The largest absolute Gasteiger partial charge is 0.354 e. The van der Waals surface area contributed by atoms with Gasteiger partial charge in [0.1, 0.15) is 0 Å². The fourth-order valence-electron chi connectivity index (χ4n) is 1.65. The Bertz CT molecular complexity index is 583. The minimum absolute atomic E-state index is 0.100. The number of halogens is 1. The van der Waals surface area contributed by atoms with Crippen LogP contribution in [0.3, 0.4) is 0 Å². The highest BCUT2D eigenvalue weighted by Gasteiger charge is 2.11. The zero-order chi connectivity index (χ0) is 13.1. The van der Waals surface area contributed by atoms with Gasteiger partial charge in [0.25, 0.3) is 0 Å². The van der Waals surface area contributed by atoms with Gasteiger partial charge in [0.05, 0.1) is 23.1 Å². The van der Waals surface area contributed by atoms with Crippen molar-refractivity contribution in [1.82, 2.24) is 15.3 Å². The molecule has 0 spiro atoms. The maximum absolute atomic E-state index is 11.7. The summed E-state index contributed by atoms with van der Waals surface area (Å²) in [7, 11) is 0. The number of rotatable bonds is 3. The van der Waals surface area contributed by atoms with Crippen molar-refractivity contribution in [3.8, 4) is 0 Å². The first-order chi connectivity index (χ1) is 8.56. The molecule has 0 aliphatic carbocycles. The maximum Gasteiger partial charge on any atom is 0.226 e. The zero-order valence-electron chi connectivity index (χ0n) is 10.3. The molecule has 0 saturated carbocycles. The Balaban J connectivity index is 2.28. The smallest absolute Gasteiger partial charge is 0.226 e. The molecule has 0 unspecified atom stereocenters. The maximum atomic E-state index is 11.7. The lowest BCUT2D eigenvalue weighted by Crippen LogP contribution is -2.31. The van der Waals surface area contributed by atoms with Crippen molar-refractivity contribution < 1.29 is 4.79 Å². The van der Waals surface area contributed by atoms with Crippen molar-refractivity contribution in [1.29, 1.82) is 0 Å². The van der Waals surface area contributed by atoms with Crippen LogP contribution in [0.15, 0.2) is 24.3 Å². The van der Waals surface area contributed by atoms with Crippen LogP contribution >= 0.6 is 11.6 Å². The Labute approximate surface area is 110 Å². The molecule has 18 heavy (non-hydrogen) atoms. The van der Waals surface area contributed by atoms with Gasteiger partial charge in [-0.1, -0.05) is 23.7 Å². The number of aromatic nitrogens is 2. The summed E-state index contributed by atoms with van der Waals surface area (Å²) in [5.74, 6) is -0.100. The molecule has 0 bridgehead atoms. The molecule has 5 heteroatoms. The molecule has 2 aromatic rings. The second kappa shape index (κ2) is 5.31. The summed E-state index contributed by atoms with van der Waals surface area (Å²) in [6.45, 7) is 3.82. The summed E-state index contributed by atoms with van der Waals surface area (Å²) in [4.78, 5) is 20.3. The summed E-state index contributed by atoms with van der Waals surface area (Å²) in [6, 6.07) is 7.54. The van der Waals surface area contributed by atoms with Gasteiger partial charge < -0.3 is 5.32 Å². The van der Waals surface area contributed by atoms with E-state index in [0.717, 1.165) is 11.0 Å². The van der Waals surface area contributed by atoms with Crippen molar-refractivity contribution in [3.05, 3.63) is 35.1 Å². The lowest BCUT2D eigenvalue weighted by Gasteiger charge is -2.09. The average molecular weight is 264 g/mol. The van der Waals surface area contributed by atoms with Gasteiger partial charge >= 0.3 is 0 Å². The summed E-state index contributed by atoms with van der Waals surface area (Å²) in [6.07, 6.45) is 0.148. The van der Waals surface area contributed by atoms with E-state index in [2.05, 4.69) is 15.3 Å². The van der Waals surface area contributed by atoms with E-state index in [1.165, 1.54) is 0 Å². The fraction of sp³-hybridized carbons (Fsp3) is 0.308. The van der Waals surface area contributed by atoms with E-state index in [1.807, 2.05) is 38.1 Å². The number of para-hydroxylation sites is 2. The number of carbonyl (C=O) groups is 1. The number of nitrogens with one attached hydrogen (secondary N) is 1. The Kier molecular flexibility index (Phi) is 3.77. The van der Waals surface area contributed by atoms with Crippen molar-refractivity contribution in [3.63, 3.8) is 0 Å². The number of hydrogen-bond acceptors (Lipinski definition) is 3. The second-order valence-corrected chi connectivity index (χ2v) is 4.71. The van der Waals surface area contributed by atoms with Crippen LogP contribution in [0.25, 0.3) is 11.0 Å². The zero-order valence-corrected chi connectivity index (χ0v) is 11.0. The summed E-state index contributed by atoms with van der Waals surface area (Å²) < 4.78 is 0.